The van der Waals surface area contributed by atoms with Crippen molar-refractivity contribution in [3.05, 3.63) is 76.8 Å². The molecule has 0 N–H and O–H groups in total. The van der Waals surface area contributed by atoms with Crippen LogP contribution in [0.4, 0.5) is 0 Å². The molecule has 0 aliphatic carbocycles. The van der Waals surface area contributed by atoms with Crippen molar-refractivity contribution in [1.82, 2.24) is 0 Å². The summed E-state index contributed by atoms with van der Waals surface area (Å²) in [5.74, 6) is 1.52. The van der Waals surface area contributed by atoms with E-state index in [0.29, 0.717) is 23.7 Å². The van der Waals surface area contributed by atoms with E-state index in [1.807, 2.05) is 66.7 Å². The van der Waals surface area contributed by atoms with Gasteiger partial charge in [0.2, 0.25) is 0 Å². The molecule has 0 bridgehead atoms. The Balaban J connectivity index is 1.60. The first-order valence-electron chi connectivity index (χ1n) is 8.87. The number of aryl methyl sites for hydroxylation is 1. The molecule has 0 fully saturated rings. The van der Waals surface area contributed by atoms with Crippen LogP contribution in [0.15, 0.2) is 71.2 Å². The van der Waals surface area contributed by atoms with E-state index in [1.54, 1.807) is 14.2 Å². The number of methoxy groups -OCH3 is 2. The molecule has 5 heteroatoms. The fraction of sp³-hybridized carbons (Fsp3) is 0.174. The van der Waals surface area contributed by atoms with E-state index in [9.17, 15) is 4.79 Å². The molecule has 0 spiro atoms. The van der Waals surface area contributed by atoms with Gasteiger partial charge < -0.3 is 14.2 Å². The zero-order valence-corrected chi connectivity index (χ0v) is 17.4. The van der Waals surface area contributed by atoms with Crippen molar-refractivity contribution >= 4 is 21.9 Å². The number of rotatable bonds is 7. The third-order valence-corrected chi connectivity index (χ3v) is 5.08. The lowest BCUT2D eigenvalue weighted by molar-refractivity contribution is -0.134. The highest BCUT2D eigenvalue weighted by Gasteiger charge is 2.12. The predicted molar refractivity (Wildman–Crippen MR) is 113 cm³/mol. The molecule has 3 rings (SSSR count). The first-order valence-corrected chi connectivity index (χ1v) is 9.66. The van der Waals surface area contributed by atoms with Crippen LogP contribution in [0.2, 0.25) is 0 Å². The quantitative estimate of drug-likeness (QED) is 0.350. The largest absolute Gasteiger partial charge is 0.493 e. The maximum Gasteiger partial charge on any atom is 0.311 e. The van der Waals surface area contributed by atoms with Crippen LogP contribution in [0.5, 0.6) is 17.2 Å². The molecule has 0 saturated heterocycles. The van der Waals surface area contributed by atoms with Crippen LogP contribution < -0.4 is 14.2 Å². The van der Waals surface area contributed by atoms with E-state index in [1.165, 1.54) is 0 Å². The molecule has 0 aromatic heterocycles. The van der Waals surface area contributed by atoms with Crippen LogP contribution in [0.25, 0.3) is 11.1 Å². The lowest BCUT2D eigenvalue weighted by atomic mass is 10.1. The van der Waals surface area contributed by atoms with Gasteiger partial charge in [-0.1, -0.05) is 58.4 Å². The zero-order valence-electron chi connectivity index (χ0n) is 15.8. The van der Waals surface area contributed by atoms with Gasteiger partial charge in [0.15, 0.2) is 11.5 Å². The molecule has 0 aliphatic rings. The van der Waals surface area contributed by atoms with E-state index in [2.05, 4.69) is 15.9 Å². The summed E-state index contributed by atoms with van der Waals surface area (Å²) in [6.45, 7) is 0. The molecular weight excluding hydrogens is 420 g/mol. The van der Waals surface area contributed by atoms with Crippen LogP contribution >= 0.6 is 15.9 Å². The zero-order chi connectivity index (χ0) is 19.9. The number of ether oxygens (including phenoxy) is 3. The molecule has 0 radical (unpaired) electrons. The van der Waals surface area contributed by atoms with E-state index >= 15 is 0 Å². The van der Waals surface area contributed by atoms with Crippen LogP contribution in [0, 0.1) is 0 Å². The Hall–Kier alpha value is -2.79. The summed E-state index contributed by atoms with van der Waals surface area (Å²) >= 11 is 3.51. The molecule has 28 heavy (non-hydrogen) atoms. The third kappa shape index (κ3) is 4.93. The molecule has 0 amide bonds. The number of benzene rings is 3. The van der Waals surface area contributed by atoms with Gasteiger partial charge in [0.1, 0.15) is 5.75 Å². The number of halogens is 1. The lowest BCUT2D eigenvalue weighted by Gasteiger charge is -2.12. The van der Waals surface area contributed by atoms with Crippen LogP contribution in [-0.2, 0) is 11.2 Å². The molecule has 3 aromatic rings. The van der Waals surface area contributed by atoms with Gasteiger partial charge in [0.05, 0.1) is 20.6 Å². The van der Waals surface area contributed by atoms with E-state index in [4.69, 9.17) is 14.2 Å². The van der Waals surface area contributed by atoms with Crippen LogP contribution in [-0.4, -0.2) is 20.2 Å². The van der Waals surface area contributed by atoms with Crippen molar-refractivity contribution in [1.29, 1.82) is 0 Å². The maximum absolute atomic E-state index is 12.2. The summed E-state index contributed by atoms with van der Waals surface area (Å²) in [7, 11) is 3.17. The SMILES string of the molecule is COc1cc(Br)c(CCC(=O)Oc2ccc(-c3ccccc3)cc2)cc1OC. The second-order valence-corrected chi connectivity index (χ2v) is 7.02. The second-order valence-electron chi connectivity index (χ2n) is 6.16. The van der Waals surface area contributed by atoms with Gasteiger partial charge in [-0.25, -0.2) is 0 Å². The van der Waals surface area contributed by atoms with E-state index < -0.39 is 0 Å². The van der Waals surface area contributed by atoms with Crippen molar-refractivity contribution in [2.45, 2.75) is 12.8 Å². The fourth-order valence-electron chi connectivity index (χ4n) is 2.85. The van der Waals surface area contributed by atoms with Gasteiger partial charge in [0, 0.05) is 4.47 Å². The molecule has 4 nitrogen and oxygen atoms in total. The molecule has 144 valence electrons. The first-order chi connectivity index (χ1) is 13.6. The fourth-order valence-corrected chi connectivity index (χ4v) is 3.37. The molecule has 0 atom stereocenters. The predicted octanol–water partition coefficient (Wildman–Crippen LogP) is 5.67. The Bertz CT molecular complexity index is 937. The molecule has 3 aromatic carbocycles. The van der Waals surface area contributed by atoms with Gasteiger partial charge >= 0.3 is 5.97 Å². The highest BCUT2D eigenvalue weighted by molar-refractivity contribution is 9.10. The van der Waals surface area contributed by atoms with Gasteiger partial charge in [-0.05, 0) is 47.4 Å². The summed E-state index contributed by atoms with van der Waals surface area (Å²) in [5.41, 5.74) is 3.15. The number of hydrogen-bond donors (Lipinski definition) is 0. The Kier molecular flexibility index (Phi) is 6.71. The summed E-state index contributed by atoms with van der Waals surface area (Å²) in [5, 5.41) is 0. The van der Waals surface area contributed by atoms with Gasteiger partial charge in [-0.3, -0.25) is 4.79 Å². The normalized spacial score (nSPS) is 10.4. The monoisotopic (exact) mass is 440 g/mol. The molecule has 0 heterocycles. The Morgan fingerprint density at radius 2 is 1.46 bits per heavy atom. The smallest absolute Gasteiger partial charge is 0.311 e. The highest BCUT2D eigenvalue weighted by Crippen LogP contribution is 2.34. The maximum atomic E-state index is 12.2. The topological polar surface area (TPSA) is 44.8 Å². The van der Waals surface area contributed by atoms with Crippen molar-refractivity contribution in [3.63, 3.8) is 0 Å². The molecular formula is C23H21BrO4. The van der Waals surface area contributed by atoms with Gasteiger partial charge in [-0.15, -0.1) is 0 Å². The highest BCUT2D eigenvalue weighted by atomic mass is 79.9. The molecule has 0 saturated carbocycles. The molecule has 0 aliphatic heterocycles. The Morgan fingerprint density at radius 3 is 2.11 bits per heavy atom. The van der Waals surface area contributed by atoms with Gasteiger partial charge in [0.25, 0.3) is 0 Å². The van der Waals surface area contributed by atoms with Crippen molar-refractivity contribution in [2.24, 2.45) is 0 Å². The summed E-state index contributed by atoms with van der Waals surface area (Å²) in [6.07, 6.45) is 0.788. The van der Waals surface area contributed by atoms with Gasteiger partial charge in [-0.2, -0.15) is 0 Å². The van der Waals surface area contributed by atoms with Crippen molar-refractivity contribution < 1.29 is 19.0 Å². The first kappa shape index (κ1) is 20.0. The Morgan fingerprint density at radius 1 is 0.857 bits per heavy atom. The third-order valence-electron chi connectivity index (χ3n) is 4.34. The summed E-state index contributed by atoms with van der Waals surface area (Å²) in [4.78, 5) is 12.2. The lowest BCUT2D eigenvalue weighted by Crippen LogP contribution is -2.09. The summed E-state index contributed by atoms with van der Waals surface area (Å²) in [6, 6.07) is 21.3. The average molecular weight is 441 g/mol. The van der Waals surface area contributed by atoms with E-state index in [0.717, 1.165) is 21.2 Å². The number of carbonyl (C=O) groups excluding carboxylic acids is 1. The van der Waals surface area contributed by atoms with Crippen LogP contribution in [0.1, 0.15) is 12.0 Å². The minimum atomic E-state index is -0.283. The number of hydrogen-bond acceptors (Lipinski definition) is 4. The Labute approximate surface area is 173 Å². The number of esters is 1. The average Bonchev–Trinajstić information content (AvgIpc) is 2.73. The minimum absolute atomic E-state index is 0.258. The van der Waals surface area contributed by atoms with Crippen molar-refractivity contribution in [2.75, 3.05) is 14.2 Å². The number of carbonyl (C=O) groups is 1. The van der Waals surface area contributed by atoms with Crippen LogP contribution in [0.3, 0.4) is 0 Å². The summed E-state index contributed by atoms with van der Waals surface area (Å²) < 4.78 is 16.9. The van der Waals surface area contributed by atoms with E-state index in [-0.39, 0.29) is 12.4 Å². The van der Waals surface area contributed by atoms with Crippen molar-refractivity contribution in [3.8, 4) is 28.4 Å². The molecule has 0 unspecified atom stereocenters. The minimum Gasteiger partial charge on any atom is -0.493 e. The second kappa shape index (κ2) is 9.42. The standard InChI is InChI=1S/C23H21BrO4/c1-26-21-14-18(20(24)15-22(21)27-2)10-13-23(25)28-19-11-8-17(9-12-19)16-6-4-3-5-7-16/h3-9,11-12,14-15H,10,13H2,1-2H3.